The molecule has 0 radical (unpaired) electrons. The lowest BCUT2D eigenvalue weighted by atomic mass is 9.72. The molecule has 0 saturated carbocycles. The lowest BCUT2D eigenvalue weighted by Crippen LogP contribution is -2.55. The Morgan fingerprint density at radius 3 is 2.40 bits per heavy atom. The number of ketones is 3. The molecule has 1 fully saturated rings. The van der Waals surface area contributed by atoms with Gasteiger partial charge >= 0.3 is 0 Å². The van der Waals surface area contributed by atoms with Crippen molar-refractivity contribution in [2.24, 2.45) is 0 Å². The van der Waals surface area contributed by atoms with Gasteiger partial charge in [0.1, 0.15) is 22.8 Å². The highest BCUT2D eigenvalue weighted by molar-refractivity contribution is 6.31. The molecule has 0 unspecified atom stereocenters. The summed E-state index contributed by atoms with van der Waals surface area (Å²) < 4.78 is 17.7. The summed E-state index contributed by atoms with van der Waals surface area (Å²) in [4.78, 5) is 40.1. The fourth-order valence-corrected chi connectivity index (χ4v) is 6.74. The summed E-state index contributed by atoms with van der Waals surface area (Å²) in [5, 5.41) is 48.9. The van der Waals surface area contributed by atoms with Crippen molar-refractivity contribution in [1.82, 2.24) is 5.32 Å². The second-order valence-corrected chi connectivity index (χ2v) is 11.9. The van der Waals surface area contributed by atoms with Crippen LogP contribution in [0, 0.1) is 0 Å². The lowest BCUT2D eigenvalue weighted by Gasteiger charge is -2.43. The topological polar surface area (TPSA) is 172 Å². The van der Waals surface area contributed by atoms with E-state index in [0.717, 1.165) is 5.56 Å². The first-order valence-corrected chi connectivity index (χ1v) is 14.8. The van der Waals surface area contributed by atoms with Crippen molar-refractivity contribution in [3.8, 4) is 17.2 Å². The van der Waals surface area contributed by atoms with Gasteiger partial charge in [-0.3, -0.25) is 14.4 Å². The van der Waals surface area contributed by atoms with Crippen molar-refractivity contribution < 1.29 is 49.0 Å². The molecule has 2 aliphatic carbocycles. The standard InChI is InChI=1S/C34H35NO10/c1-16-29(35-15-18-8-5-4-6-9-18)21(37)12-24(44-16)45-23-14-34(42,17(2)36)13-20-26(23)33(41)28-27(31(20)39)30(38)19-10-7-11-22(43-3)25(19)32(28)40/h4-11,16,21,23-24,29,35,37,39,41-42H,12-15H2,1-3H3/t16-,21-,23-,24-,29+,34-/m0/s1. The zero-order valence-corrected chi connectivity index (χ0v) is 25.1. The number of benzene rings is 3. The zero-order valence-electron chi connectivity index (χ0n) is 25.1. The molecule has 6 rings (SSSR count). The second kappa shape index (κ2) is 11.7. The highest BCUT2D eigenvalue weighted by atomic mass is 16.7. The molecule has 1 aliphatic heterocycles. The summed E-state index contributed by atoms with van der Waals surface area (Å²) in [5.41, 5.74) is -2.01. The van der Waals surface area contributed by atoms with Gasteiger partial charge in [-0.1, -0.05) is 42.5 Å². The quantitative estimate of drug-likeness (QED) is 0.193. The van der Waals surface area contributed by atoms with Gasteiger partial charge in [-0.2, -0.15) is 0 Å². The van der Waals surface area contributed by atoms with E-state index in [1.807, 2.05) is 30.3 Å². The van der Waals surface area contributed by atoms with E-state index in [4.69, 9.17) is 14.2 Å². The largest absolute Gasteiger partial charge is 0.507 e. The fraction of sp³-hybridized carbons (Fsp3) is 0.382. The van der Waals surface area contributed by atoms with E-state index in [0.29, 0.717) is 6.54 Å². The Kier molecular flexibility index (Phi) is 8.00. The molecular weight excluding hydrogens is 582 g/mol. The Balaban J connectivity index is 1.35. The van der Waals surface area contributed by atoms with Crippen molar-refractivity contribution in [2.45, 2.75) is 75.9 Å². The molecule has 1 saturated heterocycles. The van der Waals surface area contributed by atoms with Gasteiger partial charge in [0.05, 0.1) is 48.2 Å². The summed E-state index contributed by atoms with van der Waals surface area (Å²) >= 11 is 0. The fourth-order valence-electron chi connectivity index (χ4n) is 6.74. The number of carbonyl (C=O) groups is 3. The maximum Gasteiger partial charge on any atom is 0.202 e. The van der Waals surface area contributed by atoms with E-state index < -0.39 is 82.6 Å². The van der Waals surface area contributed by atoms with Crippen LogP contribution in [0.5, 0.6) is 17.2 Å². The monoisotopic (exact) mass is 617 g/mol. The predicted octanol–water partition coefficient (Wildman–Crippen LogP) is 2.86. The molecule has 5 N–H and O–H groups in total. The van der Waals surface area contributed by atoms with Crippen LogP contribution in [-0.4, -0.2) is 75.0 Å². The molecule has 3 aromatic carbocycles. The minimum Gasteiger partial charge on any atom is -0.507 e. The van der Waals surface area contributed by atoms with Gasteiger partial charge in [0.15, 0.2) is 17.9 Å². The van der Waals surface area contributed by atoms with E-state index in [1.165, 1.54) is 32.2 Å². The SMILES string of the molecule is COc1cccc2c1C(=O)c1c(O)c3c(c(O)c1C2=O)C[C@@](O)(C(C)=O)C[C@@H]3O[C@H]1C[C@H](O)[C@H](NCc2ccccc2)[C@H](C)O1. The average molecular weight is 618 g/mol. The Morgan fingerprint density at radius 2 is 1.73 bits per heavy atom. The average Bonchev–Trinajstić information content (AvgIpc) is 3.01. The van der Waals surface area contributed by atoms with E-state index in [-0.39, 0.29) is 40.8 Å². The Hall–Kier alpha value is -4.13. The smallest absolute Gasteiger partial charge is 0.202 e. The molecule has 0 aromatic heterocycles. The number of hydrogen-bond donors (Lipinski definition) is 5. The van der Waals surface area contributed by atoms with Crippen LogP contribution in [0.4, 0.5) is 0 Å². The van der Waals surface area contributed by atoms with Crippen molar-refractivity contribution in [1.29, 1.82) is 0 Å². The maximum atomic E-state index is 13.8. The molecular formula is C34H35NO10. The summed E-state index contributed by atoms with van der Waals surface area (Å²) in [6.07, 6.45) is -4.44. The minimum absolute atomic E-state index is 0.0130. The first-order valence-electron chi connectivity index (χ1n) is 14.8. The van der Waals surface area contributed by atoms with Crippen LogP contribution in [-0.2, 0) is 27.2 Å². The molecule has 45 heavy (non-hydrogen) atoms. The number of methoxy groups -OCH3 is 1. The number of aliphatic hydroxyl groups excluding tert-OH is 1. The highest BCUT2D eigenvalue weighted by Gasteiger charge is 2.49. The summed E-state index contributed by atoms with van der Waals surface area (Å²) in [7, 11) is 1.35. The number of aromatic hydroxyl groups is 2. The molecule has 236 valence electrons. The van der Waals surface area contributed by atoms with E-state index in [2.05, 4.69) is 5.32 Å². The van der Waals surface area contributed by atoms with E-state index in [9.17, 15) is 34.8 Å². The number of hydrogen-bond acceptors (Lipinski definition) is 11. The number of phenolic OH excluding ortho intramolecular Hbond substituents is 2. The summed E-state index contributed by atoms with van der Waals surface area (Å²) in [6, 6.07) is 13.7. The van der Waals surface area contributed by atoms with Crippen molar-refractivity contribution in [3.05, 3.63) is 87.5 Å². The number of carbonyl (C=O) groups excluding carboxylic acids is 3. The number of aliphatic hydroxyl groups is 2. The number of fused-ring (bicyclic) bond motifs is 3. The molecule has 3 aliphatic rings. The molecule has 6 atom stereocenters. The van der Waals surface area contributed by atoms with Gasteiger partial charge in [0, 0.05) is 42.5 Å². The van der Waals surface area contributed by atoms with Crippen LogP contribution in [0.2, 0.25) is 0 Å². The van der Waals surface area contributed by atoms with Crippen LogP contribution in [0.3, 0.4) is 0 Å². The number of rotatable bonds is 7. The van der Waals surface area contributed by atoms with E-state index in [1.54, 1.807) is 6.92 Å². The number of ether oxygens (including phenoxy) is 3. The van der Waals surface area contributed by atoms with Gasteiger partial charge in [-0.25, -0.2) is 0 Å². The Bertz CT molecular complexity index is 1680. The predicted molar refractivity (Wildman–Crippen MR) is 159 cm³/mol. The molecule has 3 aromatic rings. The Labute approximate surface area is 259 Å². The van der Waals surface area contributed by atoms with Crippen LogP contribution in [0.25, 0.3) is 0 Å². The van der Waals surface area contributed by atoms with Gasteiger partial charge in [0.25, 0.3) is 0 Å². The third-order valence-electron chi connectivity index (χ3n) is 9.15. The van der Waals surface area contributed by atoms with Gasteiger partial charge in [-0.05, 0) is 25.5 Å². The molecule has 0 bridgehead atoms. The zero-order chi connectivity index (χ0) is 32.2. The van der Waals surface area contributed by atoms with Crippen LogP contribution >= 0.6 is 0 Å². The van der Waals surface area contributed by atoms with Crippen molar-refractivity contribution in [2.75, 3.05) is 7.11 Å². The van der Waals surface area contributed by atoms with Crippen LogP contribution in [0.1, 0.15) is 81.3 Å². The molecule has 0 spiro atoms. The normalized spacial score (nSPS) is 27.4. The third-order valence-corrected chi connectivity index (χ3v) is 9.15. The van der Waals surface area contributed by atoms with Gasteiger partial charge in [-0.15, -0.1) is 0 Å². The molecule has 11 heteroatoms. The third kappa shape index (κ3) is 5.20. The lowest BCUT2D eigenvalue weighted by molar-refractivity contribution is -0.246. The van der Waals surface area contributed by atoms with Crippen LogP contribution < -0.4 is 10.1 Å². The highest BCUT2D eigenvalue weighted by Crippen LogP contribution is 2.52. The summed E-state index contributed by atoms with van der Waals surface area (Å²) in [6.45, 7) is 3.47. The number of Topliss-reactive ketones (excluding diaryl/α,β-unsaturated/α-hetero) is 1. The van der Waals surface area contributed by atoms with Crippen LogP contribution in [0.15, 0.2) is 48.5 Å². The molecule has 0 amide bonds. The Morgan fingerprint density at radius 1 is 1.02 bits per heavy atom. The van der Waals surface area contributed by atoms with Gasteiger partial charge in [0.2, 0.25) is 5.78 Å². The molecule has 11 nitrogen and oxygen atoms in total. The maximum absolute atomic E-state index is 13.8. The first-order chi connectivity index (χ1) is 21.4. The second-order valence-electron chi connectivity index (χ2n) is 11.9. The number of phenols is 2. The van der Waals surface area contributed by atoms with Crippen molar-refractivity contribution >= 4 is 17.3 Å². The van der Waals surface area contributed by atoms with E-state index >= 15 is 0 Å². The first kappa shape index (κ1) is 30.9. The summed E-state index contributed by atoms with van der Waals surface area (Å²) in [5.74, 6) is -3.16. The van der Waals surface area contributed by atoms with Crippen molar-refractivity contribution in [3.63, 3.8) is 0 Å². The van der Waals surface area contributed by atoms with Gasteiger partial charge < -0.3 is 40.0 Å². The molecule has 1 heterocycles. The number of nitrogens with one attached hydrogen (secondary N) is 1. The minimum atomic E-state index is -2.02.